The zero-order chi connectivity index (χ0) is 22.5. The van der Waals surface area contributed by atoms with Gasteiger partial charge in [-0.05, 0) is 18.1 Å². The monoisotopic (exact) mass is 430 g/mol. The van der Waals surface area contributed by atoms with Crippen molar-refractivity contribution < 1.29 is 42.1 Å². The fourth-order valence-electron chi connectivity index (χ4n) is 2.65. The van der Waals surface area contributed by atoms with Crippen LogP contribution in [0.3, 0.4) is 0 Å². The fourth-order valence-corrected chi connectivity index (χ4v) is 2.65. The van der Waals surface area contributed by atoms with Crippen molar-refractivity contribution in [2.24, 2.45) is 5.73 Å². The summed E-state index contributed by atoms with van der Waals surface area (Å²) in [5.74, 6) is -5.88. The maximum Gasteiger partial charge on any atom is 0.573 e. The number of rotatable bonds is 8. The van der Waals surface area contributed by atoms with Crippen molar-refractivity contribution in [3.8, 4) is 5.75 Å². The van der Waals surface area contributed by atoms with Gasteiger partial charge >= 0.3 is 12.3 Å². The number of hydrogen-bond donors (Lipinski definition) is 4. The van der Waals surface area contributed by atoms with E-state index in [1.165, 1.54) is 0 Å². The van der Waals surface area contributed by atoms with E-state index in [1.54, 1.807) is 30.3 Å². The van der Waals surface area contributed by atoms with Crippen LogP contribution in [0.4, 0.5) is 17.6 Å². The van der Waals surface area contributed by atoms with Crippen LogP contribution in [0.25, 0.3) is 0 Å². The minimum Gasteiger partial charge on any atom is -0.479 e. The number of benzene rings is 2. The molecule has 7 nitrogen and oxygen atoms in total. The number of hydrogen-bond acceptors (Lipinski definition) is 5. The maximum absolute atomic E-state index is 14.4. The zero-order valence-electron chi connectivity index (χ0n) is 15.3. The first-order valence-corrected chi connectivity index (χ1v) is 8.54. The number of carbonyl (C=O) groups excluding carboxylic acids is 1. The second-order valence-corrected chi connectivity index (χ2v) is 6.29. The molecule has 2 aromatic rings. The van der Waals surface area contributed by atoms with Gasteiger partial charge in [0.2, 0.25) is 0 Å². The van der Waals surface area contributed by atoms with Crippen LogP contribution in [-0.4, -0.2) is 40.6 Å². The molecule has 3 atom stereocenters. The number of carbonyl (C=O) groups is 2. The number of halogens is 4. The number of alkyl halides is 3. The highest BCUT2D eigenvalue weighted by Gasteiger charge is 2.35. The van der Waals surface area contributed by atoms with Crippen LogP contribution in [0.5, 0.6) is 5.75 Å². The lowest BCUT2D eigenvalue weighted by atomic mass is 10.0. The average Bonchev–Trinajstić information content (AvgIpc) is 2.66. The number of amides is 1. The minimum absolute atomic E-state index is 0.0798. The predicted octanol–water partition coefficient (Wildman–Crippen LogP) is 1.90. The van der Waals surface area contributed by atoms with Crippen LogP contribution in [-0.2, 0) is 16.0 Å². The van der Waals surface area contributed by atoms with Gasteiger partial charge in [-0.25, -0.2) is 9.18 Å². The van der Waals surface area contributed by atoms with Crippen molar-refractivity contribution in [2.45, 2.75) is 31.0 Å². The Kier molecular flexibility index (Phi) is 7.35. The van der Waals surface area contributed by atoms with E-state index in [0.29, 0.717) is 11.6 Å². The number of nitrogens with one attached hydrogen (secondary N) is 1. The Balaban J connectivity index is 2.18. The maximum atomic E-state index is 14.4. The van der Waals surface area contributed by atoms with Gasteiger partial charge in [-0.15, -0.1) is 13.2 Å². The summed E-state index contributed by atoms with van der Waals surface area (Å²) in [7, 11) is 0. The standard InChI is InChI=1S/C19H18F4N2O5/c20-14-11(7-4-8-13(14)30-19(21,22)23)15(18(28)29)25-17(27)16(26)12(24)9-10-5-2-1-3-6-10/h1-8,12,15-16,26H,9,24H2,(H,25,27)(H,28,29)/t12-,15+,16+/m1/s1. The van der Waals surface area contributed by atoms with Crippen LogP contribution in [0, 0.1) is 5.82 Å². The Labute approximate surface area is 168 Å². The van der Waals surface area contributed by atoms with Crippen LogP contribution in [0.1, 0.15) is 17.2 Å². The van der Waals surface area contributed by atoms with E-state index in [4.69, 9.17) is 5.73 Å². The highest BCUT2D eigenvalue weighted by atomic mass is 19.4. The zero-order valence-corrected chi connectivity index (χ0v) is 15.3. The number of nitrogens with two attached hydrogens (primary N) is 1. The molecule has 0 heterocycles. The molecule has 30 heavy (non-hydrogen) atoms. The first kappa shape index (κ1) is 23.1. The molecule has 0 aliphatic carbocycles. The summed E-state index contributed by atoms with van der Waals surface area (Å²) >= 11 is 0. The third-order valence-electron chi connectivity index (χ3n) is 4.05. The Bertz CT molecular complexity index is 892. The Morgan fingerprint density at radius 1 is 1.10 bits per heavy atom. The van der Waals surface area contributed by atoms with Gasteiger partial charge in [-0.1, -0.05) is 42.5 Å². The van der Waals surface area contributed by atoms with E-state index in [-0.39, 0.29) is 6.42 Å². The third-order valence-corrected chi connectivity index (χ3v) is 4.05. The van der Waals surface area contributed by atoms with E-state index in [2.05, 4.69) is 4.74 Å². The quantitative estimate of drug-likeness (QED) is 0.475. The van der Waals surface area contributed by atoms with Gasteiger partial charge in [-0.2, -0.15) is 0 Å². The van der Waals surface area contributed by atoms with Gasteiger partial charge < -0.3 is 26.0 Å². The molecule has 0 saturated carbocycles. The Hall–Kier alpha value is -3.18. The highest BCUT2D eigenvalue weighted by molar-refractivity contribution is 5.87. The van der Waals surface area contributed by atoms with Crippen molar-refractivity contribution in [2.75, 3.05) is 0 Å². The van der Waals surface area contributed by atoms with Gasteiger partial charge in [0.1, 0.15) is 6.10 Å². The van der Waals surface area contributed by atoms with Crippen LogP contribution < -0.4 is 15.8 Å². The van der Waals surface area contributed by atoms with E-state index in [1.807, 2.05) is 5.32 Å². The van der Waals surface area contributed by atoms with E-state index < -0.39 is 53.6 Å². The number of ether oxygens (including phenoxy) is 1. The summed E-state index contributed by atoms with van der Waals surface area (Å²) in [6.07, 6.45) is -6.98. The predicted molar refractivity (Wildman–Crippen MR) is 95.7 cm³/mol. The minimum atomic E-state index is -5.21. The van der Waals surface area contributed by atoms with E-state index in [9.17, 15) is 37.4 Å². The number of aliphatic carboxylic acids is 1. The Morgan fingerprint density at radius 2 is 1.73 bits per heavy atom. The van der Waals surface area contributed by atoms with Gasteiger partial charge in [0.05, 0.1) is 0 Å². The largest absolute Gasteiger partial charge is 0.573 e. The summed E-state index contributed by atoms with van der Waals surface area (Å²) in [4.78, 5) is 23.8. The molecule has 0 aliphatic heterocycles. The number of carboxylic acid groups (broad SMARTS) is 1. The summed E-state index contributed by atoms with van der Waals surface area (Å²) in [6, 6.07) is 7.82. The molecular weight excluding hydrogens is 412 g/mol. The highest BCUT2D eigenvalue weighted by Crippen LogP contribution is 2.30. The Morgan fingerprint density at radius 3 is 2.30 bits per heavy atom. The lowest BCUT2D eigenvalue weighted by molar-refractivity contribution is -0.275. The summed E-state index contributed by atoms with van der Waals surface area (Å²) in [5, 5.41) is 21.3. The van der Waals surface area contributed by atoms with Crippen molar-refractivity contribution >= 4 is 11.9 Å². The average molecular weight is 430 g/mol. The van der Waals surface area contributed by atoms with Crippen molar-refractivity contribution in [3.63, 3.8) is 0 Å². The molecule has 0 aromatic heterocycles. The molecule has 0 fully saturated rings. The van der Waals surface area contributed by atoms with Crippen molar-refractivity contribution in [3.05, 3.63) is 65.5 Å². The number of aliphatic hydroxyl groups is 1. The lowest BCUT2D eigenvalue weighted by Gasteiger charge is -2.22. The summed E-state index contributed by atoms with van der Waals surface area (Å²) in [6.45, 7) is 0. The molecule has 0 unspecified atom stereocenters. The molecule has 0 saturated heterocycles. The lowest BCUT2D eigenvalue weighted by Crippen LogP contribution is -2.49. The van der Waals surface area contributed by atoms with E-state index in [0.717, 1.165) is 12.1 Å². The molecule has 1 amide bonds. The first-order chi connectivity index (χ1) is 14.0. The normalized spacial score (nSPS) is 14.5. The van der Waals surface area contributed by atoms with Gasteiger partial charge in [0.25, 0.3) is 5.91 Å². The van der Waals surface area contributed by atoms with E-state index >= 15 is 0 Å². The van der Waals surface area contributed by atoms with Gasteiger partial charge in [-0.3, -0.25) is 4.79 Å². The van der Waals surface area contributed by atoms with Gasteiger partial charge in [0, 0.05) is 11.6 Å². The molecule has 2 rings (SSSR count). The number of aliphatic hydroxyl groups excluding tert-OH is 1. The molecule has 0 radical (unpaired) electrons. The van der Waals surface area contributed by atoms with Crippen LogP contribution in [0.2, 0.25) is 0 Å². The molecule has 0 spiro atoms. The third kappa shape index (κ3) is 6.16. The van der Waals surface area contributed by atoms with Crippen molar-refractivity contribution in [1.82, 2.24) is 5.32 Å². The molecule has 0 bridgehead atoms. The van der Waals surface area contributed by atoms with Crippen molar-refractivity contribution in [1.29, 1.82) is 0 Å². The fraction of sp³-hybridized carbons (Fsp3) is 0.263. The molecule has 0 aliphatic rings. The molecule has 162 valence electrons. The molecule has 11 heteroatoms. The first-order valence-electron chi connectivity index (χ1n) is 8.54. The second kappa shape index (κ2) is 9.55. The topological polar surface area (TPSA) is 122 Å². The summed E-state index contributed by atoms with van der Waals surface area (Å²) < 4.78 is 55.0. The molecule has 2 aromatic carbocycles. The smallest absolute Gasteiger partial charge is 0.479 e. The second-order valence-electron chi connectivity index (χ2n) is 6.29. The van der Waals surface area contributed by atoms with Gasteiger partial charge in [0.15, 0.2) is 17.6 Å². The van der Waals surface area contributed by atoms with Crippen LogP contribution >= 0.6 is 0 Å². The summed E-state index contributed by atoms with van der Waals surface area (Å²) in [5.41, 5.74) is 5.70. The SMILES string of the molecule is N[C@H](Cc1ccccc1)[C@H](O)C(=O)N[C@H](C(=O)O)c1cccc(OC(F)(F)F)c1F. The molecule has 5 N–H and O–H groups in total. The van der Waals surface area contributed by atoms with Crippen LogP contribution in [0.15, 0.2) is 48.5 Å². The number of carboxylic acids is 1. The molecular formula is C19H18F4N2O5.